The summed E-state index contributed by atoms with van der Waals surface area (Å²) in [6.45, 7) is 0.928. The first kappa shape index (κ1) is 36.1. The number of nitrogens with zero attached hydrogens (tertiary/aromatic N) is 2. The van der Waals surface area contributed by atoms with Crippen LogP contribution in [0.2, 0.25) is 0 Å². The van der Waals surface area contributed by atoms with Gasteiger partial charge in [-0.2, -0.15) is 33.3 Å². The maximum atomic E-state index is 11.5. The van der Waals surface area contributed by atoms with Crippen molar-refractivity contribution in [3.05, 3.63) is 0 Å². The van der Waals surface area contributed by atoms with E-state index in [1.807, 2.05) is 0 Å². The van der Waals surface area contributed by atoms with Gasteiger partial charge in [-0.3, -0.25) is 0 Å². The monoisotopic (exact) mass is 626 g/mol. The molecule has 0 radical (unpaired) electrons. The van der Waals surface area contributed by atoms with Crippen molar-refractivity contribution in [2.75, 3.05) is 84.8 Å². The van der Waals surface area contributed by atoms with Crippen LogP contribution in [0.25, 0.3) is 0 Å². The first-order valence-electron chi connectivity index (χ1n) is 10.7. The fraction of sp³-hybridized carbons (Fsp3) is 0.778. The van der Waals surface area contributed by atoms with Crippen molar-refractivity contribution in [2.24, 2.45) is 9.98 Å². The summed E-state index contributed by atoms with van der Waals surface area (Å²) < 4.78 is 9.89. The number of aliphatic imine (C=N–C) groups is 2. The second kappa shape index (κ2) is 31.3. The molecule has 0 aromatic carbocycles. The zero-order valence-electron chi connectivity index (χ0n) is 20.2. The van der Waals surface area contributed by atoms with Gasteiger partial charge < -0.3 is 40.1 Å². The zero-order valence-corrected chi connectivity index (χ0v) is 24.2. The number of nitrogens with one attached hydrogen (secondary N) is 2. The van der Waals surface area contributed by atoms with Crippen LogP contribution in [0.5, 0.6) is 0 Å². The summed E-state index contributed by atoms with van der Waals surface area (Å²) in [5.74, 6) is 4.21. The molecule has 14 nitrogen and oxygen atoms in total. The Bertz CT molecular complexity index is 599. The number of hydrogen-bond donors (Lipinski definition) is 4. The van der Waals surface area contributed by atoms with Crippen LogP contribution in [0.4, 0.5) is 9.59 Å². The minimum Gasteiger partial charge on any atom is -0.449 e. The highest BCUT2D eigenvalue weighted by molar-refractivity contribution is 8.00. The van der Waals surface area contributed by atoms with Crippen LogP contribution in [-0.4, -0.2) is 120 Å². The largest absolute Gasteiger partial charge is 0.449 e. The van der Waals surface area contributed by atoms with Crippen LogP contribution < -0.4 is 10.6 Å². The molecule has 0 aromatic heterocycles. The molecular weight excluding hydrogens is 593 g/mol. The third kappa shape index (κ3) is 31.2. The van der Waals surface area contributed by atoms with Gasteiger partial charge in [0.15, 0.2) is 0 Å². The quantitative estimate of drug-likeness (QED) is 0.0272. The highest BCUT2D eigenvalue weighted by atomic mass is 32.2. The van der Waals surface area contributed by atoms with Crippen molar-refractivity contribution in [1.29, 1.82) is 0 Å². The topological polar surface area (TPSA) is 179 Å². The standard InChI is InChI=1S/C18H34N4O10S5/c23-1-5-33-7-3-27-17(25)21-13-35-12-20-10-31-32-16-37-15-28-18(26)22-14-36-11-19-9-30-29-4-8-34-6-2-24/h9-10,23-24H,1-8,11-16H2,(H,21,25)(H,22,26)/b19-9+,20-10+. The average Bonchev–Trinajstić information content (AvgIpc) is 2.89. The maximum Gasteiger partial charge on any atom is 0.408 e. The SMILES string of the molecule is O=C(NCSC/N=C/OOCSCOC(=O)NCSC/N=C/OOCCSCCO)OCCSCCO. The third-order valence-electron chi connectivity index (χ3n) is 2.99. The van der Waals surface area contributed by atoms with Gasteiger partial charge >= 0.3 is 12.2 Å². The number of carbonyl (C=O) groups excluding carboxylic acids is 2. The van der Waals surface area contributed by atoms with E-state index in [2.05, 4.69) is 20.6 Å². The fourth-order valence-electron chi connectivity index (χ4n) is 1.56. The van der Waals surface area contributed by atoms with Crippen molar-refractivity contribution in [2.45, 2.75) is 0 Å². The molecule has 0 bridgehead atoms. The highest BCUT2D eigenvalue weighted by Gasteiger charge is 2.01. The lowest BCUT2D eigenvalue weighted by molar-refractivity contribution is -0.210. The first-order valence-corrected chi connectivity index (χ1v) is 16.4. The first-order chi connectivity index (χ1) is 18.2. The van der Waals surface area contributed by atoms with Crippen LogP contribution in [0, 0.1) is 0 Å². The number of alkyl carbamates (subject to hydrolysis) is 2. The number of carbonyl (C=O) groups is 2. The molecule has 0 aliphatic rings. The van der Waals surface area contributed by atoms with Crippen molar-refractivity contribution in [3.63, 3.8) is 0 Å². The molecule has 0 fully saturated rings. The van der Waals surface area contributed by atoms with E-state index in [4.69, 9.17) is 39.2 Å². The summed E-state index contributed by atoms with van der Waals surface area (Å²) in [5, 5.41) is 22.4. The van der Waals surface area contributed by atoms with Crippen molar-refractivity contribution in [1.82, 2.24) is 10.6 Å². The van der Waals surface area contributed by atoms with Gasteiger partial charge in [0.25, 0.3) is 0 Å². The Morgan fingerprint density at radius 1 is 0.676 bits per heavy atom. The number of rotatable bonds is 26. The van der Waals surface area contributed by atoms with E-state index in [1.54, 1.807) is 11.8 Å². The lowest BCUT2D eigenvalue weighted by Gasteiger charge is -2.06. The molecule has 0 aromatic rings. The average molecular weight is 627 g/mol. The van der Waals surface area contributed by atoms with Crippen LogP contribution >= 0.6 is 58.8 Å². The smallest absolute Gasteiger partial charge is 0.408 e. The molecule has 0 aliphatic heterocycles. The predicted octanol–water partition coefficient (Wildman–Crippen LogP) is 1.79. The zero-order chi connectivity index (χ0) is 27.1. The Labute approximate surface area is 237 Å². The lowest BCUT2D eigenvalue weighted by Crippen LogP contribution is -2.24. The van der Waals surface area contributed by atoms with Crippen molar-refractivity contribution >= 4 is 83.8 Å². The van der Waals surface area contributed by atoms with Crippen LogP contribution in [0.1, 0.15) is 0 Å². The molecule has 0 heterocycles. The summed E-state index contributed by atoms with van der Waals surface area (Å²) in [6, 6.07) is 0. The molecule has 19 heteroatoms. The fourth-order valence-corrected chi connectivity index (χ4v) is 3.95. The minimum absolute atomic E-state index is 0.0780. The van der Waals surface area contributed by atoms with Crippen LogP contribution in [0.3, 0.4) is 0 Å². The second-order valence-corrected chi connectivity index (χ2v) is 10.9. The lowest BCUT2D eigenvalue weighted by atomic mass is 10.8. The molecular formula is C18H34N4O10S5. The van der Waals surface area contributed by atoms with Gasteiger partial charge in [0.1, 0.15) is 25.1 Å². The number of ether oxygens (including phenoxy) is 2. The number of amides is 2. The molecule has 0 rings (SSSR count). The van der Waals surface area contributed by atoms with E-state index < -0.39 is 12.2 Å². The summed E-state index contributed by atoms with van der Waals surface area (Å²) in [4.78, 5) is 49.9. The van der Waals surface area contributed by atoms with Crippen molar-refractivity contribution < 1.29 is 48.8 Å². The Morgan fingerprint density at radius 2 is 1.24 bits per heavy atom. The minimum atomic E-state index is -0.568. The number of thioether (sulfide) groups is 5. The Morgan fingerprint density at radius 3 is 1.86 bits per heavy atom. The van der Waals surface area contributed by atoms with Gasteiger partial charge in [-0.1, -0.05) is 11.8 Å². The van der Waals surface area contributed by atoms with Crippen LogP contribution in [-0.2, 0) is 29.0 Å². The molecule has 0 atom stereocenters. The summed E-state index contributed by atoms with van der Waals surface area (Å²) in [6.07, 6.45) is 1.24. The molecule has 0 unspecified atom stereocenters. The van der Waals surface area contributed by atoms with Crippen molar-refractivity contribution in [3.8, 4) is 0 Å². The van der Waals surface area contributed by atoms with Gasteiger partial charge in [0, 0.05) is 23.0 Å². The molecule has 0 spiro atoms. The molecule has 0 saturated heterocycles. The summed E-state index contributed by atoms with van der Waals surface area (Å²) in [5.41, 5.74) is 0. The summed E-state index contributed by atoms with van der Waals surface area (Å²) in [7, 11) is 0. The predicted molar refractivity (Wildman–Crippen MR) is 151 cm³/mol. The van der Waals surface area contributed by atoms with Gasteiger partial charge in [-0.25, -0.2) is 19.6 Å². The molecule has 4 N–H and O–H groups in total. The Hall–Kier alpha value is -0.930. The van der Waals surface area contributed by atoms with Gasteiger partial charge in [-0.05, 0) is 0 Å². The van der Waals surface area contributed by atoms with E-state index in [0.717, 1.165) is 6.40 Å². The molecule has 216 valence electrons. The number of aliphatic hydroxyl groups excluding tert-OH is 2. The normalized spacial score (nSPS) is 11.1. The Balaban J connectivity index is 3.33. The molecule has 0 aliphatic carbocycles. The van der Waals surface area contributed by atoms with Gasteiger partial charge in [0.05, 0.1) is 36.7 Å². The van der Waals surface area contributed by atoms with Crippen LogP contribution in [0.15, 0.2) is 9.98 Å². The van der Waals surface area contributed by atoms with Gasteiger partial charge in [0.2, 0.25) is 12.8 Å². The number of aliphatic hydroxyl groups is 2. The van der Waals surface area contributed by atoms with E-state index in [1.165, 1.54) is 53.4 Å². The highest BCUT2D eigenvalue weighted by Crippen LogP contribution is 2.03. The molecule has 2 amide bonds. The second-order valence-electron chi connectivity index (χ2n) is 5.70. The van der Waals surface area contributed by atoms with E-state index in [-0.39, 0.29) is 31.7 Å². The third-order valence-corrected chi connectivity index (χ3v) is 6.75. The van der Waals surface area contributed by atoms with E-state index in [0.29, 0.717) is 53.1 Å². The summed E-state index contributed by atoms with van der Waals surface area (Å²) >= 11 is 6.92. The van der Waals surface area contributed by atoms with Gasteiger partial charge in [-0.15, -0.1) is 23.5 Å². The Kier molecular flexibility index (Phi) is 30.5. The number of hydrogen-bond acceptors (Lipinski definition) is 17. The molecule has 37 heavy (non-hydrogen) atoms. The molecule has 0 saturated carbocycles. The van der Waals surface area contributed by atoms with E-state index in [9.17, 15) is 9.59 Å². The van der Waals surface area contributed by atoms with E-state index >= 15 is 0 Å². The maximum absolute atomic E-state index is 11.5.